The summed E-state index contributed by atoms with van der Waals surface area (Å²) >= 11 is 9.92. The largest absolute Gasteiger partial charge is 0.356 e. The molecule has 0 aliphatic carbocycles. The number of thiophene rings is 1. The highest BCUT2D eigenvalue weighted by molar-refractivity contribution is 7.98. The number of hydrogen-bond donors (Lipinski definition) is 2. The quantitative estimate of drug-likeness (QED) is 0.272. The van der Waals surface area contributed by atoms with Crippen LogP contribution >= 0.6 is 34.7 Å². The van der Waals surface area contributed by atoms with E-state index in [1.54, 1.807) is 11.8 Å². The molecule has 5 rings (SSSR count). The number of aromatic amines is 1. The molecule has 0 aliphatic rings. The molecule has 5 aromatic rings. The molecule has 3 nitrogen and oxygen atoms in total. The van der Waals surface area contributed by atoms with E-state index in [4.69, 9.17) is 11.6 Å². The molecule has 2 heterocycles. The Morgan fingerprint density at radius 3 is 2.73 bits per heavy atom. The van der Waals surface area contributed by atoms with Gasteiger partial charge in [0.2, 0.25) is 0 Å². The second-order valence-electron chi connectivity index (χ2n) is 6.94. The molecule has 0 radical (unpaired) electrons. The van der Waals surface area contributed by atoms with Gasteiger partial charge in [0.05, 0.1) is 10.6 Å². The average Bonchev–Trinajstić information content (AvgIpc) is 3.41. The second kappa shape index (κ2) is 8.19. The summed E-state index contributed by atoms with van der Waals surface area (Å²) in [5.74, 6) is 0.622. The van der Waals surface area contributed by atoms with Crippen LogP contribution in [0.2, 0.25) is 5.02 Å². The van der Waals surface area contributed by atoms with Gasteiger partial charge in [-0.15, -0.1) is 11.8 Å². The normalized spacial score (nSPS) is 11.2. The highest BCUT2D eigenvalue weighted by atomic mass is 35.5. The van der Waals surface area contributed by atoms with Crippen molar-refractivity contribution in [3.8, 4) is 0 Å². The standard InChI is InChI=1S/C24H17ClN2OS2/c25-23-20-12-18(26-24(28)17-9-10-29-13-17)6-8-21(20)27-22(23)14-30-19-7-5-15-3-1-2-4-16(15)11-19/h1-13,27H,14H2,(H,26,28). The van der Waals surface area contributed by atoms with E-state index in [9.17, 15) is 4.79 Å². The van der Waals surface area contributed by atoms with E-state index < -0.39 is 0 Å². The fraction of sp³-hybridized carbons (Fsp3) is 0.0417. The molecule has 0 aliphatic heterocycles. The molecular formula is C24H17ClN2OS2. The number of thioether (sulfide) groups is 1. The smallest absolute Gasteiger partial charge is 0.256 e. The zero-order valence-corrected chi connectivity index (χ0v) is 18.2. The fourth-order valence-electron chi connectivity index (χ4n) is 3.40. The molecule has 3 aromatic carbocycles. The van der Waals surface area contributed by atoms with E-state index in [0.29, 0.717) is 10.6 Å². The summed E-state index contributed by atoms with van der Waals surface area (Å²) in [7, 11) is 0. The van der Waals surface area contributed by atoms with Gasteiger partial charge in [-0.3, -0.25) is 4.79 Å². The lowest BCUT2D eigenvalue weighted by molar-refractivity contribution is 0.102. The minimum Gasteiger partial charge on any atom is -0.356 e. The van der Waals surface area contributed by atoms with Crippen LogP contribution in [0.25, 0.3) is 21.7 Å². The molecular weight excluding hydrogens is 432 g/mol. The Labute approximate surface area is 187 Å². The van der Waals surface area contributed by atoms with Crippen molar-refractivity contribution < 1.29 is 4.79 Å². The van der Waals surface area contributed by atoms with Crippen LogP contribution in [0.3, 0.4) is 0 Å². The van der Waals surface area contributed by atoms with Crippen molar-refractivity contribution in [2.75, 3.05) is 5.32 Å². The first-order chi connectivity index (χ1) is 14.7. The Hall–Kier alpha value is -2.73. The Morgan fingerprint density at radius 2 is 1.90 bits per heavy atom. The fourth-order valence-corrected chi connectivity index (χ4v) is 5.29. The lowest BCUT2D eigenvalue weighted by atomic mass is 10.1. The van der Waals surface area contributed by atoms with Crippen molar-refractivity contribution in [2.24, 2.45) is 0 Å². The lowest BCUT2D eigenvalue weighted by Crippen LogP contribution is -2.10. The third-order valence-electron chi connectivity index (χ3n) is 4.95. The molecule has 0 fully saturated rings. The molecule has 0 spiro atoms. The molecule has 0 saturated carbocycles. The average molecular weight is 449 g/mol. The van der Waals surface area contributed by atoms with Crippen LogP contribution in [-0.4, -0.2) is 10.9 Å². The first-order valence-corrected chi connectivity index (χ1v) is 11.7. The van der Waals surface area contributed by atoms with Crippen molar-refractivity contribution >= 4 is 68.0 Å². The molecule has 2 N–H and O–H groups in total. The lowest BCUT2D eigenvalue weighted by Gasteiger charge is -2.04. The Bertz CT molecular complexity index is 1360. The zero-order chi connectivity index (χ0) is 20.5. The number of aromatic nitrogens is 1. The maximum absolute atomic E-state index is 12.3. The molecule has 1 amide bonds. The molecule has 0 bridgehead atoms. The number of rotatable bonds is 5. The van der Waals surface area contributed by atoms with Crippen LogP contribution in [-0.2, 0) is 5.75 Å². The minimum atomic E-state index is -0.116. The number of hydrogen-bond acceptors (Lipinski definition) is 3. The maximum atomic E-state index is 12.3. The summed E-state index contributed by atoms with van der Waals surface area (Å²) in [6, 6.07) is 22.4. The number of halogens is 1. The van der Waals surface area contributed by atoms with Gasteiger partial charge in [-0.1, -0.05) is 41.9 Å². The monoisotopic (exact) mass is 448 g/mol. The summed E-state index contributed by atoms with van der Waals surface area (Å²) in [6.07, 6.45) is 0. The van der Waals surface area contributed by atoms with E-state index in [2.05, 4.69) is 52.8 Å². The summed E-state index contributed by atoms with van der Waals surface area (Å²) in [5, 5.41) is 10.7. The number of anilines is 1. The van der Waals surface area contributed by atoms with Crippen molar-refractivity contribution in [1.29, 1.82) is 0 Å². The predicted octanol–water partition coefficient (Wildman–Crippen LogP) is 7.58. The molecule has 0 unspecified atom stereocenters. The number of nitrogens with one attached hydrogen (secondary N) is 2. The number of fused-ring (bicyclic) bond motifs is 2. The van der Waals surface area contributed by atoms with Crippen LogP contribution in [0, 0.1) is 0 Å². The number of carbonyl (C=O) groups is 1. The van der Waals surface area contributed by atoms with Gasteiger partial charge in [0, 0.05) is 38.3 Å². The predicted molar refractivity (Wildman–Crippen MR) is 129 cm³/mol. The molecule has 6 heteroatoms. The first kappa shape index (κ1) is 19.2. The minimum absolute atomic E-state index is 0.116. The number of amides is 1. The SMILES string of the molecule is O=C(Nc1ccc2[nH]c(CSc3ccc4ccccc4c3)c(Cl)c2c1)c1ccsc1. The topological polar surface area (TPSA) is 44.9 Å². The summed E-state index contributed by atoms with van der Waals surface area (Å²) in [5.41, 5.74) is 3.33. The number of benzene rings is 3. The molecule has 0 saturated heterocycles. The van der Waals surface area contributed by atoms with E-state index in [1.807, 2.05) is 35.0 Å². The molecule has 2 aromatic heterocycles. The van der Waals surface area contributed by atoms with Crippen LogP contribution in [0.4, 0.5) is 5.69 Å². The van der Waals surface area contributed by atoms with Crippen molar-refractivity contribution in [3.63, 3.8) is 0 Å². The van der Waals surface area contributed by atoms with E-state index >= 15 is 0 Å². The molecule has 148 valence electrons. The Kier molecular flexibility index (Phi) is 5.25. The Morgan fingerprint density at radius 1 is 1.03 bits per heavy atom. The molecule has 30 heavy (non-hydrogen) atoms. The Balaban J connectivity index is 1.35. The van der Waals surface area contributed by atoms with Gasteiger partial charge in [0.1, 0.15) is 0 Å². The van der Waals surface area contributed by atoms with Crippen molar-refractivity contribution in [1.82, 2.24) is 4.98 Å². The maximum Gasteiger partial charge on any atom is 0.256 e. The first-order valence-electron chi connectivity index (χ1n) is 9.42. The van der Waals surface area contributed by atoms with Gasteiger partial charge >= 0.3 is 0 Å². The summed E-state index contributed by atoms with van der Waals surface area (Å²) in [4.78, 5) is 16.9. The third-order valence-corrected chi connectivity index (χ3v) is 7.09. The van der Waals surface area contributed by atoms with E-state index in [0.717, 1.165) is 28.0 Å². The van der Waals surface area contributed by atoms with E-state index in [1.165, 1.54) is 27.0 Å². The van der Waals surface area contributed by atoms with Gasteiger partial charge in [-0.05, 0) is 52.6 Å². The van der Waals surface area contributed by atoms with Crippen LogP contribution < -0.4 is 5.32 Å². The van der Waals surface area contributed by atoms with Gasteiger partial charge in [-0.25, -0.2) is 0 Å². The van der Waals surface area contributed by atoms with Gasteiger partial charge in [0.15, 0.2) is 0 Å². The van der Waals surface area contributed by atoms with Crippen LogP contribution in [0.15, 0.2) is 82.4 Å². The van der Waals surface area contributed by atoms with Crippen molar-refractivity contribution in [2.45, 2.75) is 10.6 Å². The molecule has 0 atom stereocenters. The second-order valence-corrected chi connectivity index (χ2v) is 9.15. The van der Waals surface area contributed by atoms with Crippen LogP contribution in [0.1, 0.15) is 16.1 Å². The third kappa shape index (κ3) is 3.84. The zero-order valence-electron chi connectivity index (χ0n) is 15.8. The van der Waals surface area contributed by atoms with Gasteiger partial charge in [0.25, 0.3) is 5.91 Å². The number of H-pyrrole nitrogens is 1. The van der Waals surface area contributed by atoms with Gasteiger partial charge in [-0.2, -0.15) is 11.3 Å². The summed E-state index contributed by atoms with van der Waals surface area (Å²) < 4.78 is 0. The highest BCUT2D eigenvalue weighted by Gasteiger charge is 2.12. The highest BCUT2D eigenvalue weighted by Crippen LogP contribution is 2.34. The van der Waals surface area contributed by atoms with E-state index in [-0.39, 0.29) is 5.91 Å². The van der Waals surface area contributed by atoms with Crippen molar-refractivity contribution in [3.05, 3.63) is 93.8 Å². The van der Waals surface area contributed by atoms with Crippen LogP contribution in [0.5, 0.6) is 0 Å². The summed E-state index contributed by atoms with van der Waals surface area (Å²) in [6.45, 7) is 0. The van der Waals surface area contributed by atoms with Gasteiger partial charge < -0.3 is 10.3 Å². The number of carbonyl (C=O) groups excluding carboxylic acids is 1.